The van der Waals surface area contributed by atoms with Crippen LogP contribution in [-0.2, 0) is 10.1 Å². The Morgan fingerprint density at radius 1 is 1.56 bits per heavy atom. The molecule has 0 saturated heterocycles. The fourth-order valence-electron chi connectivity index (χ4n) is 1.34. The Morgan fingerprint density at radius 3 is 2.67 bits per heavy atom. The van der Waals surface area contributed by atoms with Gasteiger partial charge in [0.1, 0.15) is 5.75 Å². The van der Waals surface area contributed by atoms with Crippen LogP contribution in [0.3, 0.4) is 0 Å². The SMILES string of the molecule is COC(=O)c1cc(C#N)cc(OC(F)F)c1CBr. The van der Waals surface area contributed by atoms with Crippen LogP contribution in [0.25, 0.3) is 0 Å². The van der Waals surface area contributed by atoms with Gasteiger partial charge in [0.25, 0.3) is 0 Å². The highest BCUT2D eigenvalue weighted by atomic mass is 79.9. The number of alkyl halides is 3. The smallest absolute Gasteiger partial charge is 0.387 e. The van der Waals surface area contributed by atoms with Crippen molar-refractivity contribution < 1.29 is 23.0 Å². The Kier molecular flexibility index (Phi) is 5.04. The minimum Gasteiger partial charge on any atom is -0.465 e. The highest BCUT2D eigenvalue weighted by Crippen LogP contribution is 2.29. The molecule has 0 heterocycles. The highest BCUT2D eigenvalue weighted by Gasteiger charge is 2.19. The second kappa shape index (κ2) is 6.31. The van der Waals surface area contributed by atoms with Crippen molar-refractivity contribution >= 4 is 21.9 Å². The Balaban J connectivity index is 3.40. The quantitative estimate of drug-likeness (QED) is 0.632. The first-order valence-electron chi connectivity index (χ1n) is 4.69. The van der Waals surface area contributed by atoms with Crippen LogP contribution in [0, 0.1) is 11.3 Å². The van der Waals surface area contributed by atoms with E-state index in [1.165, 1.54) is 6.07 Å². The van der Waals surface area contributed by atoms with Crippen molar-refractivity contribution in [3.63, 3.8) is 0 Å². The maximum Gasteiger partial charge on any atom is 0.387 e. The van der Waals surface area contributed by atoms with E-state index in [0.29, 0.717) is 0 Å². The summed E-state index contributed by atoms with van der Waals surface area (Å²) in [6, 6.07) is 4.18. The van der Waals surface area contributed by atoms with Gasteiger partial charge in [-0.25, -0.2) is 4.79 Å². The summed E-state index contributed by atoms with van der Waals surface area (Å²) in [5, 5.41) is 8.90. The molecule has 1 aromatic rings. The zero-order valence-corrected chi connectivity index (χ0v) is 10.8. The summed E-state index contributed by atoms with van der Waals surface area (Å²) in [5.41, 5.74) is 0.265. The van der Waals surface area contributed by atoms with Crippen LogP contribution in [0.4, 0.5) is 8.78 Å². The lowest BCUT2D eigenvalue weighted by molar-refractivity contribution is -0.0504. The first kappa shape index (κ1) is 14.4. The Labute approximate surface area is 110 Å². The summed E-state index contributed by atoms with van der Waals surface area (Å²) in [4.78, 5) is 11.5. The summed E-state index contributed by atoms with van der Waals surface area (Å²) in [7, 11) is 1.16. The first-order valence-corrected chi connectivity index (χ1v) is 5.81. The largest absolute Gasteiger partial charge is 0.465 e. The number of nitrogens with zero attached hydrogens (tertiary/aromatic N) is 1. The topological polar surface area (TPSA) is 59.3 Å². The molecule has 0 aliphatic carbocycles. The summed E-state index contributed by atoms with van der Waals surface area (Å²) >= 11 is 3.08. The second-order valence-electron chi connectivity index (χ2n) is 3.12. The number of carbonyl (C=O) groups is 1. The maximum absolute atomic E-state index is 12.3. The number of ether oxygens (including phenoxy) is 2. The standard InChI is InChI=1S/C11H8BrF2NO3/c1-17-10(16)7-2-6(5-15)3-9(8(7)4-12)18-11(13)14/h2-3,11H,4H2,1H3. The van der Waals surface area contributed by atoms with Crippen LogP contribution >= 0.6 is 15.9 Å². The van der Waals surface area contributed by atoms with Gasteiger partial charge in [0.05, 0.1) is 24.3 Å². The van der Waals surface area contributed by atoms with E-state index in [9.17, 15) is 13.6 Å². The fourth-order valence-corrected chi connectivity index (χ4v) is 1.92. The normalized spacial score (nSPS) is 10.0. The highest BCUT2D eigenvalue weighted by molar-refractivity contribution is 9.08. The minimum absolute atomic E-state index is 0.0177. The third kappa shape index (κ3) is 3.17. The van der Waals surface area contributed by atoms with E-state index in [4.69, 9.17) is 5.26 Å². The van der Waals surface area contributed by atoms with Crippen molar-refractivity contribution in [1.29, 1.82) is 5.26 Å². The van der Waals surface area contributed by atoms with E-state index in [1.54, 1.807) is 6.07 Å². The number of carbonyl (C=O) groups excluding carboxylic acids is 1. The average Bonchev–Trinajstić information content (AvgIpc) is 2.36. The summed E-state index contributed by atoms with van der Waals surface area (Å²) in [6.45, 7) is -3.04. The monoisotopic (exact) mass is 319 g/mol. The number of nitriles is 1. The van der Waals surface area contributed by atoms with Crippen molar-refractivity contribution in [2.45, 2.75) is 11.9 Å². The first-order chi connectivity index (χ1) is 8.53. The Bertz CT molecular complexity index is 500. The molecule has 0 N–H and O–H groups in total. The van der Waals surface area contributed by atoms with Gasteiger partial charge in [-0.3, -0.25) is 0 Å². The Hall–Kier alpha value is -1.68. The van der Waals surface area contributed by atoms with Gasteiger partial charge < -0.3 is 9.47 Å². The molecular weight excluding hydrogens is 312 g/mol. The van der Waals surface area contributed by atoms with Crippen molar-refractivity contribution in [3.05, 3.63) is 28.8 Å². The molecule has 0 bridgehead atoms. The lowest BCUT2D eigenvalue weighted by Crippen LogP contribution is -2.10. The predicted molar refractivity (Wildman–Crippen MR) is 61.8 cm³/mol. The van der Waals surface area contributed by atoms with Crippen LogP contribution in [0.2, 0.25) is 0 Å². The Morgan fingerprint density at radius 2 is 2.22 bits per heavy atom. The number of rotatable bonds is 4. The molecular formula is C11H8BrF2NO3. The lowest BCUT2D eigenvalue weighted by Gasteiger charge is -2.13. The van der Waals surface area contributed by atoms with Gasteiger partial charge in [0.2, 0.25) is 0 Å². The van der Waals surface area contributed by atoms with Gasteiger partial charge in [0.15, 0.2) is 0 Å². The molecule has 4 nitrogen and oxygen atoms in total. The molecule has 0 unspecified atom stereocenters. The molecule has 0 aliphatic heterocycles. The average molecular weight is 320 g/mol. The zero-order chi connectivity index (χ0) is 13.7. The van der Waals surface area contributed by atoms with E-state index < -0.39 is 12.6 Å². The van der Waals surface area contributed by atoms with E-state index in [-0.39, 0.29) is 27.8 Å². The van der Waals surface area contributed by atoms with Crippen molar-refractivity contribution in [1.82, 2.24) is 0 Å². The van der Waals surface area contributed by atoms with E-state index in [1.807, 2.05) is 0 Å². The molecule has 96 valence electrons. The lowest BCUT2D eigenvalue weighted by atomic mass is 10.0. The zero-order valence-electron chi connectivity index (χ0n) is 9.25. The molecule has 0 aliphatic rings. The van der Waals surface area contributed by atoms with Gasteiger partial charge in [0, 0.05) is 10.9 Å². The fraction of sp³-hybridized carbons (Fsp3) is 0.273. The molecule has 0 fully saturated rings. The van der Waals surface area contributed by atoms with Crippen LogP contribution in [0.1, 0.15) is 21.5 Å². The van der Waals surface area contributed by atoms with Gasteiger partial charge in [-0.1, -0.05) is 15.9 Å². The summed E-state index contributed by atoms with van der Waals surface area (Å²) in [6.07, 6.45) is 0. The van der Waals surface area contributed by atoms with Gasteiger partial charge in [-0.2, -0.15) is 14.0 Å². The third-order valence-corrected chi connectivity index (χ3v) is 2.65. The molecule has 0 atom stereocenters. The molecule has 7 heteroatoms. The van der Waals surface area contributed by atoms with Crippen LogP contribution in [-0.4, -0.2) is 19.7 Å². The van der Waals surface area contributed by atoms with E-state index in [2.05, 4.69) is 25.4 Å². The molecule has 0 amide bonds. The van der Waals surface area contributed by atoms with E-state index in [0.717, 1.165) is 13.2 Å². The van der Waals surface area contributed by atoms with Crippen LogP contribution < -0.4 is 4.74 Å². The number of methoxy groups -OCH3 is 1. The molecule has 1 aromatic carbocycles. The number of benzene rings is 1. The molecule has 18 heavy (non-hydrogen) atoms. The van der Waals surface area contributed by atoms with Crippen molar-refractivity contribution in [3.8, 4) is 11.8 Å². The minimum atomic E-state index is -3.04. The number of halogens is 3. The summed E-state index contributed by atoms with van der Waals surface area (Å²) in [5.74, 6) is -0.943. The van der Waals surface area contributed by atoms with Gasteiger partial charge in [-0.05, 0) is 12.1 Å². The van der Waals surface area contributed by atoms with Gasteiger partial charge in [-0.15, -0.1) is 0 Å². The number of esters is 1. The van der Waals surface area contributed by atoms with Crippen LogP contribution in [0.15, 0.2) is 12.1 Å². The van der Waals surface area contributed by atoms with Crippen molar-refractivity contribution in [2.75, 3.05) is 7.11 Å². The molecule has 1 rings (SSSR count). The number of hydrogen-bond acceptors (Lipinski definition) is 4. The predicted octanol–water partition coefficient (Wildman–Crippen LogP) is 2.84. The molecule has 0 spiro atoms. The van der Waals surface area contributed by atoms with Crippen molar-refractivity contribution in [2.24, 2.45) is 0 Å². The molecule has 0 radical (unpaired) electrons. The van der Waals surface area contributed by atoms with Crippen LogP contribution in [0.5, 0.6) is 5.75 Å². The second-order valence-corrected chi connectivity index (χ2v) is 3.68. The van der Waals surface area contributed by atoms with E-state index >= 15 is 0 Å². The molecule has 0 aromatic heterocycles. The van der Waals surface area contributed by atoms with Gasteiger partial charge >= 0.3 is 12.6 Å². The molecule has 0 saturated carbocycles. The number of hydrogen-bond donors (Lipinski definition) is 0. The third-order valence-electron chi connectivity index (χ3n) is 2.09. The maximum atomic E-state index is 12.3. The summed E-state index contributed by atoms with van der Waals surface area (Å²) < 4.78 is 33.3.